The monoisotopic (exact) mass is 258 g/mol. The van der Waals surface area contributed by atoms with Crippen LogP contribution in [0.3, 0.4) is 0 Å². The molecule has 0 radical (unpaired) electrons. The molecule has 0 amide bonds. The van der Waals surface area contributed by atoms with Crippen LogP contribution in [0.1, 0.15) is 0 Å². The van der Waals surface area contributed by atoms with Crippen LogP contribution in [-0.4, -0.2) is 18.8 Å². The largest absolute Gasteiger partial charge is 0.344 e. The fourth-order valence-electron chi connectivity index (χ4n) is 1.11. The molecular weight excluding hydrogens is 255 g/mol. The Hall–Kier alpha value is -0.0400. The minimum Gasteiger partial charge on any atom is -0.344 e. The van der Waals surface area contributed by atoms with Gasteiger partial charge in [-0.25, -0.2) is 8.42 Å². The number of hydrogen-bond acceptors (Lipinski definition) is 5. The summed E-state index contributed by atoms with van der Waals surface area (Å²) in [6, 6.07) is 0. The molecule has 72 valence electrons. The molecule has 2 heterocycles. The van der Waals surface area contributed by atoms with Crippen LogP contribution in [0, 0.1) is 0 Å². The summed E-state index contributed by atoms with van der Waals surface area (Å²) in [6.07, 6.45) is 1.62. The van der Waals surface area contributed by atoms with Crippen LogP contribution in [0.15, 0.2) is 21.8 Å². The molecule has 8 heteroatoms. The van der Waals surface area contributed by atoms with E-state index in [-0.39, 0.29) is 15.7 Å². The van der Waals surface area contributed by atoms with Gasteiger partial charge in [0.1, 0.15) is 5.16 Å². The van der Waals surface area contributed by atoms with Crippen LogP contribution < -0.4 is 5.32 Å². The second-order valence-corrected chi connectivity index (χ2v) is 6.23. The number of fused-ring (bicyclic) bond motifs is 1. The molecule has 0 aliphatic carbocycles. The summed E-state index contributed by atoms with van der Waals surface area (Å²) in [4.78, 5) is 1.48. The van der Waals surface area contributed by atoms with Gasteiger partial charge >= 0.3 is 0 Å². The van der Waals surface area contributed by atoms with Gasteiger partial charge in [-0.3, -0.25) is 0 Å². The molecule has 0 aromatic heterocycles. The first kappa shape index (κ1) is 9.51. The van der Waals surface area contributed by atoms with Crippen molar-refractivity contribution in [2.45, 2.75) is 5.50 Å². The molecule has 0 saturated carbocycles. The lowest BCUT2D eigenvalue weighted by atomic mass is 10.8. The summed E-state index contributed by atoms with van der Waals surface area (Å²) >= 11 is 7.10. The van der Waals surface area contributed by atoms with Crippen LogP contribution in [0.2, 0.25) is 0 Å². The summed E-state index contributed by atoms with van der Waals surface area (Å²) < 4.78 is 22.2. The average Bonchev–Trinajstić information content (AvgIpc) is 2.41. The Morgan fingerprint density at radius 1 is 1.62 bits per heavy atom. The van der Waals surface area contributed by atoms with Crippen LogP contribution in [0.25, 0.3) is 0 Å². The molecule has 13 heavy (non-hydrogen) atoms. The van der Waals surface area contributed by atoms with E-state index in [0.29, 0.717) is 0 Å². The highest BCUT2D eigenvalue weighted by atomic mass is 35.7. The van der Waals surface area contributed by atoms with Gasteiger partial charge in [0.25, 0.3) is 9.05 Å². The van der Waals surface area contributed by atoms with E-state index in [0.717, 1.165) is 0 Å². The van der Waals surface area contributed by atoms with Gasteiger partial charge in [-0.15, -0.1) is 0 Å². The molecule has 0 saturated heterocycles. The van der Waals surface area contributed by atoms with Crippen molar-refractivity contribution in [2.75, 3.05) is 0 Å². The lowest BCUT2D eigenvalue weighted by Crippen LogP contribution is -2.27. The summed E-state index contributed by atoms with van der Waals surface area (Å²) in [7, 11) is 1.42. The molecule has 1 N–H and O–H groups in total. The summed E-state index contributed by atoms with van der Waals surface area (Å²) in [5.74, 6) is 0. The molecule has 1 atom stereocenters. The second kappa shape index (κ2) is 2.98. The van der Waals surface area contributed by atoms with Crippen LogP contribution in [-0.2, 0) is 9.05 Å². The van der Waals surface area contributed by atoms with E-state index in [9.17, 15) is 8.42 Å². The molecule has 4 nitrogen and oxygen atoms in total. The Kier molecular flexibility index (Phi) is 2.18. The van der Waals surface area contributed by atoms with E-state index < -0.39 is 9.05 Å². The lowest BCUT2D eigenvalue weighted by molar-refractivity contribution is 0.476. The first-order chi connectivity index (χ1) is 6.00. The van der Waals surface area contributed by atoms with Crippen LogP contribution in [0.4, 0.5) is 0 Å². The first-order valence-corrected chi connectivity index (χ1v) is 6.84. The zero-order valence-corrected chi connectivity index (χ0v) is 9.21. The number of nitrogens with one attached hydrogen (secondary N) is 1. The van der Waals surface area contributed by atoms with E-state index in [1.807, 2.05) is 0 Å². The Labute approximate surface area is 89.0 Å². The Morgan fingerprint density at radius 2 is 2.31 bits per heavy atom. The number of thioether (sulfide) groups is 1. The van der Waals surface area contributed by atoms with Crippen molar-refractivity contribution in [1.29, 1.82) is 0 Å². The highest BCUT2D eigenvalue weighted by Gasteiger charge is 2.38. The van der Waals surface area contributed by atoms with E-state index in [1.165, 1.54) is 16.7 Å². The Morgan fingerprint density at radius 3 is 2.92 bits per heavy atom. The molecule has 0 bridgehead atoms. The topological polar surface area (TPSA) is 49.4 Å². The predicted molar refractivity (Wildman–Crippen MR) is 53.1 cm³/mol. The standard InChI is InChI=1S/C5H4Cl2N2O2S2/c6-3-4(13(7,10)11)9-1-2-12-5(9)8-3/h1-2,5,8H. The minimum atomic E-state index is -3.79. The van der Waals surface area contributed by atoms with Crippen molar-refractivity contribution in [2.24, 2.45) is 0 Å². The van der Waals surface area contributed by atoms with Gasteiger partial charge in [-0.1, -0.05) is 23.4 Å². The van der Waals surface area contributed by atoms with Gasteiger partial charge in [-0.2, -0.15) is 0 Å². The van der Waals surface area contributed by atoms with Gasteiger partial charge in [0.05, 0.1) is 0 Å². The Bertz CT molecular complexity index is 403. The number of nitrogens with zero attached hydrogens (tertiary/aromatic N) is 1. The van der Waals surface area contributed by atoms with Crippen molar-refractivity contribution in [3.8, 4) is 0 Å². The van der Waals surface area contributed by atoms with Crippen molar-refractivity contribution in [3.05, 3.63) is 21.8 Å². The number of rotatable bonds is 1. The lowest BCUT2D eigenvalue weighted by Gasteiger charge is -2.15. The fraction of sp³-hybridized carbons (Fsp3) is 0.200. The van der Waals surface area contributed by atoms with Gasteiger partial charge in [0.2, 0.25) is 0 Å². The quantitative estimate of drug-likeness (QED) is 0.568. The summed E-state index contributed by atoms with van der Waals surface area (Å²) in [5.41, 5.74) is -0.184. The smallest absolute Gasteiger partial charge is 0.279 e. The van der Waals surface area contributed by atoms with Gasteiger partial charge in [0.15, 0.2) is 10.5 Å². The van der Waals surface area contributed by atoms with E-state index in [2.05, 4.69) is 5.32 Å². The second-order valence-electron chi connectivity index (χ2n) is 2.38. The third-order valence-electron chi connectivity index (χ3n) is 1.58. The van der Waals surface area contributed by atoms with Gasteiger partial charge in [-0.05, 0) is 5.41 Å². The average molecular weight is 259 g/mol. The molecule has 2 rings (SSSR count). The maximum atomic E-state index is 11.1. The van der Waals surface area contributed by atoms with E-state index >= 15 is 0 Å². The molecule has 0 aromatic carbocycles. The normalized spacial score (nSPS) is 26.6. The third kappa shape index (κ3) is 1.52. The highest BCUT2D eigenvalue weighted by molar-refractivity contribution is 8.16. The zero-order valence-electron chi connectivity index (χ0n) is 6.07. The van der Waals surface area contributed by atoms with E-state index in [4.69, 9.17) is 22.3 Å². The van der Waals surface area contributed by atoms with Crippen molar-refractivity contribution in [1.82, 2.24) is 10.2 Å². The van der Waals surface area contributed by atoms with Crippen LogP contribution in [0.5, 0.6) is 0 Å². The first-order valence-electron chi connectivity index (χ1n) is 3.21. The van der Waals surface area contributed by atoms with Crippen LogP contribution >= 0.6 is 34.0 Å². The SMILES string of the molecule is O=S(=O)(Cl)C1=C(Cl)NC2SC=CN12. The molecule has 2 aliphatic rings. The molecular formula is C5H4Cl2N2O2S2. The molecule has 0 spiro atoms. The summed E-state index contributed by atoms with van der Waals surface area (Å²) in [5, 5.41) is 4.53. The third-order valence-corrected chi connectivity index (χ3v) is 4.18. The maximum Gasteiger partial charge on any atom is 0.279 e. The fourth-order valence-corrected chi connectivity index (χ4v) is 3.87. The van der Waals surface area contributed by atoms with E-state index in [1.54, 1.807) is 11.6 Å². The molecule has 0 fully saturated rings. The number of hydrogen-bond donors (Lipinski definition) is 1. The van der Waals surface area contributed by atoms with Gasteiger partial charge < -0.3 is 10.2 Å². The minimum absolute atomic E-state index is 0.0665. The predicted octanol–water partition coefficient (Wildman–Crippen LogP) is 1.33. The number of halogens is 2. The highest BCUT2D eigenvalue weighted by Crippen LogP contribution is 2.38. The summed E-state index contributed by atoms with van der Waals surface area (Å²) in [6.45, 7) is 0. The molecule has 0 aromatic rings. The van der Waals surface area contributed by atoms with Crippen molar-refractivity contribution < 1.29 is 8.42 Å². The molecule has 2 aliphatic heterocycles. The Balaban J connectivity index is 2.46. The van der Waals surface area contributed by atoms with Crippen molar-refractivity contribution in [3.63, 3.8) is 0 Å². The maximum absolute atomic E-state index is 11.1. The zero-order chi connectivity index (χ0) is 9.64. The van der Waals surface area contributed by atoms with Gasteiger partial charge in [0, 0.05) is 16.9 Å². The molecule has 1 unspecified atom stereocenters. The van der Waals surface area contributed by atoms with Crippen molar-refractivity contribution >= 4 is 43.1 Å².